The van der Waals surface area contributed by atoms with E-state index in [2.05, 4.69) is 15.1 Å². The number of aromatic amines is 2. The lowest BCUT2D eigenvalue weighted by Gasteiger charge is -2.23. The van der Waals surface area contributed by atoms with Crippen LogP contribution in [0.5, 0.6) is 0 Å². The van der Waals surface area contributed by atoms with E-state index in [1.54, 1.807) is 12.1 Å². The van der Waals surface area contributed by atoms with E-state index >= 15 is 0 Å². The summed E-state index contributed by atoms with van der Waals surface area (Å²) in [6, 6.07) is 5.30. The van der Waals surface area contributed by atoms with Gasteiger partial charge in [0.25, 0.3) is 11.1 Å². The molecule has 0 fully saturated rings. The maximum absolute atomic E-state index is 12.0. The van der Waals surface area contributed by atoms with Crippen LogP contribution in [0.2, 0.25) is 0 Å². The second-order valence-corrected chi connectivity index (χ2v) is 4.33. The van der Waals surface area contributed by atoms with Gasteiger partial charge in [0.2, 0.25) is 0 Å². The third kappa shape index (κ3) is 2.53. The Morgan fingerprint density at radius 3 is 2.63 bits per heavy atom. The third-order valence-electron chi connectivity index (χ3n) is 3.16. The van der Waals surface area contributed by atoms with Gasteiger partial charge in [0.05, 0.1) is 16.5 Å². The average molecular weight is 262 g/mol. The zero-order valence-corrected chi connectivity index (χ0v) is 10.9. The van der Waals surface area contributed by atoms with Gasteiger partial charge in [-0.05, 0) is 32.0 Å². The van der Waals surface area contributed by atoms with Gasteiger partial charge in [-0.25, -0.2) is 0 Å². The third-order valence-corrected chi connectivity index (χ3v) is 3.16. The molecule has 0 aliphatic heterocycles. The molecule has 2 rings (SSSR count). The number of nitrogens with one attached hydrogen (secondary N) is 2. The molecule has 0 saturated heterocycles. The van der Waals surface area contributed by atoms with Crippen molar-refractivity contribution in [1.82, 2.24) is 10.2 Å². The highest BCUT2D eigenvalue weighted by molar-refractivity contribution is 5.92. The summed E-state index contributed by atoms with van der Waals surface area (Å²) in [5.41, 5.74) is 5.74. The van der Waals surface area contributed by atoms with Gasteiger partial charge in [-0.3, -0.25) is 19.8 Å². The quantitative estimate of drug-likeness (QED) is 0.726. The molecule has 6 nitrogen and oxygen atoms in total. The molecule has 0 spiro atoms. The van der Waals surface area contributed by atoms with Crippen LogP contribution in [0, 0.1) is 0 Å². The second kappa shape index (κ2) is 5.71. The lowest BCUT2D eigenvalue weighted by atomic mass is 10.1. The number of aromatic nitrogens is 2. The summed E-state index contributed by atoms with van der Waals surface area (Å²) in [4.78, 5) is 25.8. The SMILES string of the molecule is CCN(CCCN)c1cccc2c(=O)[nH][nH]c(=O)c12. The van der Waals surface area contributed by atoms with E-state index in [0.717, 1.165) is 25.2 Å². The Morgan fingerprint density at radius 1 is 1.21 bits per heavy atom. The standard InChI is InChI=1S/C13H18N4O2/c1-2-17(8-4-7-14)10-6-3-5-9-11(10)13(19)16-15-12(9)18/h3,5-6H,2,4,7-8,14H2,1H3,(H,15,18)(H,16,19). The summed E-state index contributed by atoms with van der Waals surface area (Å²) >= 11 is 0. The summed E-state index contributed by atoms with van der Waals surface area (Å²) in [6.07, 6.45) is 0.839. The number of fused-ring (bicyclic) bond motifs is 1. The molecule has 0 aliphatic rings. The fourth-order valence-corrected chi connectivity index (χ4v) is 2.21. The first-order valence-electron chi connectivity index (χ1n) is 6.37. The minimum Gasteiger partial charge on any atom is -0.371 e. The fourth-order valence-electron chi connectivity index (χ4n) is 2.21. The van der Waals surface area contributed by atoms with E-state index in [1.807, 2.05) is 13.0 Å². The predicted octanol–water partition coefficient (Wildman–Crippen LogP) is 0.391. The molecule has 0 atom stereocenters. The summed E-state index contributed by atoms with van der Waals surface area (Å²) in [5.74, 6) is 0. The molecule has 1 aromatic heterocycles. The molecule has 2 aromatic rings. The lowest BCUT2D eigenvalue weighted by molar-refractivity contribution is 0.756. The van der Waals surface area contributed by atoms with Crippen molar-refractivity contribution >= 4 is 16.5 Å². The van der Waals surface area contributed by atoms with Crippen LogP contribution >= 0.6 is 0 Å². The number of H-pyrrole nitrogens is 2. The molecule has 1 aromatic carbocycles. The van der Waals surface area contributed by atoms with Crippen molar-refractivity contribution in [1.29, 1.82) is 0 Å². The van der Waals surface area contributed by atoms with Crippen molar-refractivity contribution in [3.63, 3.8) is 0 Å². The minimum atomic E-state index is -0.286. The van der Waals surface area contributed by atoms with Crippen LogP contribution in [0.3, 0.4) is 0 Å². The van der Waals surface area contributed by atoms with Gasteiger partial charge in [-0.1, -0.05) is 6.07 Å². The zero-order chi connectivity index (χ0) is 13.8. The van der Waals surface area contributed by atoms with Crippen LogP contribution in [0.15, 0.2) is 27.8 Å². The summed E-state index contributed by atoms with van der Waals surface area (Å²) in [6.45, 7) is 4.12. The first-order valence-corrected chi connectivity index (χ1v) is 6.37. The van der Waals surface area contributed by atoms with Crippen molar-refractivity contribution in [2.24, 2.45) is 5.73 Å². The molecular formula is C13H18N4O2. The van der Waals surface area contributed by atoms with E-state index in [0.29, 0.717) is 17.3 Å². The van der Waals surface area contributed by atoms with Crippen LogP contribution in [-0.2, 0) is 0 Å². The highest BCUT2D eigenvalue weighted by atomic mass is 16.1. The molecule has 4 N–H and O–H groups in total. The van der Waals surface area contributed by atoms with Crippen molar-refractivity contribution in [3.8, 4) is 0 Å². The Kier molecular flexibility index (Phi) is 4.01. The van der Waals surface area contributed by atoms with Gasteiger partial charge in [0, 0.05) is 13.1 Å². The van der Waals surface area contributed by atoms with Gasteiger partial charge in [0.15, 0.2) is 0 Å². The molecule has 0 saturated carbocycles. The number of nitrogens with zero attached hydrogens (tertiary/aromatic N) is 1. The molecule has 19 heavy (non-hydrogen) atoms. The molecule has 6 heteroatoms. The van der Waals surface area contributed by atoms with E-state index in [9.17, 15) is 9.59 Å². The molecule has 102 valence electrons. The van der Waals surface area contributed by atoms with Crippen LogP contribution in [0.4, 0.5) is 5.69 Å². The van der Waals surface area contributed by atoms with E-state index in [1.165, 1.54) is 0 Å². The Hall–Kier alpha value is -2.08. The number of nitrogens with two attached hydrogens (primary N) is 1. The molecule has 0 aliphatic carbocycles. The van der Waals surface area contributed by atoms with Gasteiger partial charge in [-0.2, -0.15) is 0 Å². The van der Waals surface area contributed by atoms with Crippen LogP contribution in [0.1, 0.15) is 13.3 Å². The lowest BCUT2D eigenvalue weighted by Crippen LogP contribution is -2.28. The molecule has 0 unspecified atom stereocenters. The highest BCUT2D eigenvalue weighted by Crippen LogP contribution is 2.21. The van der Waals surface area contributed by atoms with Gasteiger partial charge in [0.1, 0.15) is 0 Å². The molecule has 0 radical (unpaired) electrons. The molecule has 0 amide bonds. The van der Waals surface area contributed by atoms with Crippen LogP contribution in [-0.4, -0.2) is 29.8 Å². The maximum Gasteiger partial charge on any atom is 0.272 e. The first-order chi connectivity index (χ1) is 9.19. The molecule has 0 bridgehead atoms. The maximum atomic E-state index is 12.0. The smallest absolute Gasteiger partial charge is 0.272 e. The van der Waals surface area contributed by atoms with Crippen LogP contribution < -0.4 is 21.8 Å². The summed E-state index contributed by atoms with van der Waals surface area (Å²) < 4.78 is 0. The Labute approximate surface area is 110 Å². The van der Waals surface area contributed by atoms with Gasteiger partial charge in [-0.15, -0.1) is 0 Å². The molecule has 1 heterocycles. The van der Waals surface area contributed by atoms with Gasteiger partial charge < -0.3 is 10.6 Å². The van der Waals surface area contributed by atoms with Crippen molar-refractivity contribution in [3.05, 3.63) is 38.9 Å². The molecular weight excluding hydrogens is 244 g/mol. The number of benzene rings is 1. The zero-order valence-electron chi connectivity index (χ0n) is 10.9. The largest absolute Gasteiger partial charge is 0.371 e. The fraction of sp³-hybridized carbons (Fsp3) is 0.385. The Morgan fingerprint density at radius 2 is 1.95 bits per heavy atom. The van der Waals surface area contributed by atoms with Gasteiger partial charge >= 0.3 is 0 Å². The summed E-state index contributed by atoms with van der Waals surface area (Å²) in [5, 5.41) is 5.56. The monoisotopic (exact) mass is 262 g/mol. The second-order valence-electron chi connectivity index (χ2n) is 4.33. The number of anilines is 1. The number of rotatable bonds is 5. The van der Waals surface area contributed by atoms with Crippen molar-refractivity contribution in [2.75, 3.05) is 24.5 Å². The van der Waals surface area contributed by atoms with Crippen LogP contribution in [0.25, 0.3) is 10.8 Å². The van der Waals surface area contributed by atoms with E-state index < -0.39 is 0 Å². The Balaban J connectivity index is 2.63. The minimum absolute atomic E-state index is 0.281. The summed E-state index contributed by atoms with van der Waals surface area (Å²) in [7, 11) is 0. The van der Waals surface area contributed by atoms with Crippen molar-refractivity contribution < 1.29 is 0 Å². The highest BCUT2D eigenvalue weighted by Gasteiger charge is 2.12. The van der Waals surface area contributed by atoms with E-state index in [4.69, 9.17) is 5.73 Å². The predicted molar refractivity (Wildman–Crippen MR) is 76.7 cm³/mol. The average Bonchev–Trinajstić information content (AvgIpc) is 2.44. The normalized spacial score (nSPS) is 10.8. The number of hydrogen-bond acceptors (Lipinski definition) is 4. The van der Waals surface area contributed by atoms with E-state index in [-0.39, 0.29) is 11.1 Å². The Bertz CT molecular complexity index is 674. The number of hydrogen-bond donors (Lipinski definition) is 3. The van der Waals surface area contributed by atoms with Crippen molar-refractivity contribution in [2.45, 2.75) is 13.3 Å². The topological polar surface area (TPSA) is 95.0 Å². The first kappa shape index (κ1) is 13.4.